The van der Waals surface area contributed by atoms with Crippen LogP contribution in [0.3, 0.4) is 0 Å². The molecule has 0 bridgehead atoms. The zero-order valence-electron chi connectivity index (χ0n) is 17.6. The van der Waals surface area contributed by atoms with Crippen LogP contribution in [0.1, 0.15) is 103 Å². The molecule has 1 saturated heterocycles. The van der Waals surface area contributed by atoms with Gasteiger partial charge in [-0.15, -0.1) is 0 Å². The van der Waals surface area contributed by atoms with Gasteiger partial charge >= 0.3 is 5.97 Å². The Kier molecular flexibility index (Phi) is 13.2. The largest absolute Gasteiger partial charge is 0.467 e. The van der Waals surface area contributed by atoms with Crippen LogP contribution in [0.4, 0.5) is 0 Å². The molecule has 1 amide bonds. The highest BCUT2D eigenvalue weighted by Crippen LogP contribution is 2.21. The van der Waals surface area contributed by atoms with E-state index in [1.54, 1.807) is 0 Å². The summed E-state index contributed by atoms with van der Waals surface area (Å²) in [5, 5.41) is 9.75. The lowest BCUT2D eigenvalue weighted by molar-refractivity contribution is -0.151. The first kappa shape index (κ1) is 23.9. The topological polar surface area (TPSA) is 66.8 Å². The Morgan fingerprint density at radius 3 is 1.85 bits per heavy atom. The molecule has 5 nitrogen and oxygen atoms in total. The highest BCUT2D eigenvalue weighted by Gasteiger charge is 2.39. The molecule has 0 radical (unpaired) electrons. The number of ether oxygens (including phenoxy) is 1. The van der Waals surface area contributed by atoms with Gasteiger partial charge in [-0.3, -0.25) is 4.79 Å². The van der Waals surface area contributed by atoms with E-state index in [2.05, 4.69) is 6.92 Å². The molecule has 0 aromatic carbocycles. The third-order valence-corrected chi connectivity index (χ3v) is 5.57. The van der Waals surface area contributed by atoms with E-state index in [1.165, 1.54) is 82.6 Å². The standard InChI is InChI=1S/C22H41NO4/c1-3-4-5-6-7-8-9-10-11-12-13-14-15-16-21(25)23-18-19(24)17-20(23)22(26)27-2/h19-20,24H,3-18H2,1-2H3/t19-,20+/m1/s1. The van der Waals surface area contributed by atoms with Crippen molar-refractivity contribution in [2.75, 3.05) is 13.7 Å². The Balaban J connectivity index is 1.98. The molecule has 0 aliphatic carbocycles. The third-order valence-electron chi connectivity index (χ3n) is 5.57. The summed E-state index contributed by atoms with van der Waals surface area (Å²) in [6.45, 7) is 2.50. The van der Waals surface area contributed by atoms with E-state index in [0.717, 1.165) is 12.8 Å². The Morgan fingerprint density at radius 1 is 0.889 bits per heavy atom. The molecule has 2 atom stereocenters. The van der Waals surface area contributed by atoms with Crippen molar-refractivity contribution in [3.8, 4) is 0 Å². The van der Waals surface area contributed by atoms with Crippen LogP contribution in [0, 0.1) is 0 Å². The maximum Gasteiger partial charge on any atom is 0.328 e. The van der Waals surface area contributed by atoms with Gasteiger partial charge in [0.05, 0.1) is 13.2 Å². The maximum absolute atomic E-state index is 12.3. The second-order valence-corrected chi connectivity index (χ2v) is 7.97. The van der Waals surface area contributed by atoms with Crippen LogP contribution < -0.4 is 0 Å². The molecule has 1 heterocycles. The van der Waals surface area contributed by atoms with E-state index in [-0.39, 0.29) is 18.9 Å². The number of hydrogen-bond acceptors (Lipinski definition) is 4. The number of hydrogen-bond donors (Lipinski definition) is 1. The first-order valence-corrected chi connectivity index (χ1v) is 11.2. The molecule has 1 fully saturated rings. The number of amides is 1. The minimum absolute atomic E-state index is 0.0370. The number of carbonyl (C=O) groups is 2. The number of carbonyl (C=O) groups excluding carboxylic acids is 2. The first-order chi connectivity index (χ1) is 13.1. The van der Waals surface area contributed by atoms with Gasteiger partial charge in [-0.05, 0) is 6.42 Å². The Bertz CT molecular complexity index is 413. The van der Waals surface area contributed by atoms with Crippen LogP contribution in [0.25, 0.3) is 0 Å². The third kappa shape index (κ3) is 10.1. The van der Waals surface area contributed by atoms with Crippen molar-refractivity contribution in [2.45, 2.75) is 115 Å². The van der Waals surface area contributed by atoms with Gasteiger partial charge in [0.1, 0.15) is 6.04 Å². The minimum atomic E-state index is -0.621. The fourth-order valence-electron chi connectivity index (χ4n) is 3.89. The van der Waals surface area contributed by atoms with Crippen molar-refractivity contribution in [1.82, 2.24) is 4.90 Å². The lowest BCUT2D eigenvalue weighted by atomic mass is 10.0. The number of unbranched alkanes of at least 4 members (excludes halogenated alkanes) is 12. The van der Waals surface area contributed by atoms with Crippen LogP contribution in [-0.4, -0.2) is 47.7 Å². The van der Waals surface area contributed by atoms with Gasteiger partial charge in [0.25, 0.3) is 0 Å². The summed E-state index contributed by atoms with van der Waals surface area (Å²) in [5.74, 6) is -0.463. The molecule has 0 unspecified atom stereocenters. The summed E-state index contributed by atoms with van der Waals surface area (Å²) < 4.78 is 4.74. The number of methoxy groups -OCH3 is 1. The van der Waals surface area contributed by atoms with Crippen LogP contribution in [0.15, 0.2) is 0 Å². The van der Waals surface area contributed by atoms with E-state index in [0.29, 0.717) is 6.42 Å². The summed E-state index contributed by atoms with van der Waals surface area (Å²) in [7, 11) is 1.32. The molecule has 27 heavy (non-hydrogen) atoms. The predicted octanol–water partition coefficient (Wildman–Crippen LogP) is 4.60. The molecule has 0 saturated carbocycles. The van der Waals surface area contributed by atoms with Crippen molar-refractivity contribution in [2.24, 2.45) is 0 Å². The molecule has 0 spiro atoms. The van der Waals surface area contributed by atoms with Gasteiger partial charge in [-0.2, -0.15) is 0 Å². The van der Waals surface area contributed by atoms with E-state index in [4.69, 9.17) is 4.74 Å². The summed E-state index contributed by atoms with van der Waals surface area (Å²) in [6.07, 6.45) is 16.7. The molecule has 1 rings (SSSR count). The van der Waals surface area contributed by atoms with Gasteiger partial charge in [-0.25, -0.2) is 4.79 Å². The Hall–Kier alpha value is -1.10. The molecule has 0 aromatic heterocycles. The van der Waals surface area contributed by atoms with Crippen molar-refractivity contribution in [1.29, 1.82) is 0 Å². The lowest BCUT2D eigenvalue weighted by Crippen LogP contribution is -2.41. The zero-order valence-corrected chi connectivity index (χ0v) is 17.6. The molecule has 158 valence electrons. The molecule has 1 N–H and O–H groups in total. The van der Waals surface area contributed by atoms with E-state index in [9.17, 15) is 14.7 Å². The number of nitrogens with zero attached hydrogens (tertiary/aromatic N) is 1. The van der Waals surface area contributed by atoms with Crippen LogP contribution >= 0.6 is 0 Å². The van der Waals surface area contributed by atoms with E-state index in [1.807, 2.05) is 0 Å². The second-order valence-electron chi connectivity index (χ2n) is 7.97. The van der Waals surface area contributed by atoms with Gasteiger partial charge in [0.2, 0.25) is 5.91 Å². The van der Waals surface area contributed by atoms with Gasteiger partial charge < -0.3 is 14.7 Å². The molecular formula is C22H41NO4. The molecular weight excluding hydrogens is 342 g/mol. The molecule has 5 heteroatoms. The monoisotopic (exact) mass is 383 g/mol. The number of rotatable bonds is 15. The van der Waals surface area contributed by atoms with Gasteiger partial charge in [0, 0.05) is 19.4 Å². The van der Waals surface area contributed by atoms with Crippen LogP contribution in [0.5, 0.6) is 0 Å². The number of aliphatic hydroxyl groups is 1. The summed E-state index contributed by atoms with van der Waals surface area (Å²) in [5.41, 5.74) is 0. The quantitative estimate of drug-likeness (QED) is 0.331. The maximum atomic E-state index is 12.3. The molecule has 1 aliphatic heterocycles. The number of aliphatic hydroxyl groups excluding tert-OH is 1. The fraction of sp³-hybridized carbons (Fsp3) is 0.909. The average molecular weight is 384 g/mol. The SMILES string of the molecule is CCCCCCCCCCCCCCCC(=O)N1C[C@H](O)C[C@H]1C(=O)OC. The molecule has 1 aliphatic rings. The summed E-state index contributed by atoms with van der Waals surface area (Å²) >= 11 is 0. The highest BCUT2D eigenvalue weighted by molar-refractivity contribution is 5.85. The lowest BCUT2D eigenvalue weighted by Gasteiger charge is -2.22. The number of β-amino-alcohol motifs (C(OH)–C–C–N with tert-alkyl or cyclic N) is 1. The van der Waals surface area contributed by atoms with Crippen molar-refractivity contribution < 1.29 is 19.4 Å². The fourth-order valence-corrected chi connectivity index (χ4v) is 3.89. The molecule has 0 aromatic rings. The Labute approximate surface area is 165 Å². The van der Waals surface area contributed by atoms with Crippen LogP contribution in [0.2, 0.25) is 0 Å². The normalized spacial score (nSPS) is 19.4. The number of likely N-dealkylation sites (tertiary alicyclic amines) is 1. The van der Waals surface area contributed by atoms with Crippen molar-refractivity contribution in [3.63, 3.8) is 0 Å². The zero-order chi connectivity index (χ0) is 19.9. The summed E-state index contributed by atoms with van der Waals surface area (Å²) in [4.78, 5) is 25.6. The van der Waals surface area contributed by atoms with E-state index >= 15 is 0 Å². The predicted molar refractivity (Wildman–Crippen MR) is 108 cm³/mol. The first-order valence-electron chi connectivity index (χ1n) is 11.2. The van der Waals surface area contributed by atoms with E-state index < -0.39 is 18.1 Å². The highest BCUT2D eigenvalue weighted by atomic mass is 16.5. The minimum Gasteiger partial charge on any atom is -0.467 e. The summed E-state index contributed by atoms with van der Waals surface area (Å²) in [6, 6.07) is -0.612. The van der Waals surface area contributed by atoms with Crippen molar-refractivity contribution in [3.05, 3.63) is 0 Å². The Morgan fingerprint density at radius 2 is 1.37 bits per heavy atom. The van der Waals surface area contributed by atoms with Gasteiger partial charge in [-0.1, -0.05) is 84.0 Å². The second kappa shape index (κ2) is 14.9. The van der Waals surface area contributed by atoms with Crippen molar-refractivity contribution >= 4 is 11.9 Å². The number of esters is 1. The smallest absolute Gasteiger partial charge is 0.328 e. The average Bonchev–Trinajstić information content (AvgIpc) is 3.06. The van der Waals surface area contributed by atoms with Crippen LogP contribution in [-0.2, 0) is 14.3 Å². The van der Waals surface area contributed by atoms with Gasteiger partial charge in [0.15, 0.2) is 0 Å².